The molecule has 1 aromatic carbocycles. The Morgan fingerprint density at radius 1 is 1.17 bits per heavy atom. The lowest BCUT2D eigenvalue weighted by Crippen LogP contribution is -2.51. The van der Waals surface area contributed by atoms with Crippen molar-refractivity contribution in [2.45, 2.75) is 62.3 Å². The van der Waals surface area contributed by atoms with Crippen molar-refractivity contribution in [3.63, 3.8) is 0 Å². The van der Waals surface area contributed by atoms with Crippen LogP contribution in [0.1, 0.15) is 41.9 Å². The van der Waals surface area contributed by atoms with E-state index in [4.69, 9.17) is 0 Å². The minimum Gasteiger partial charge on any atom is -0.390 e. The number of aryl methyl sites for hydroxylation is 2. The van der Waals surface area contributed by atoms with Crippen molar-refractivity contribution >= 4 is 33.2 Å². The predicted molar refractivity (Wildman–Crippen MR) is 134 cm³/mol. The molecule has 11 heteroatoms. The van der Waals surface area contributed by atoms with Gasteiger partial charge in [-0.2, -0.15) is 4.31 Å². The van der Waals surface area contributed by atoms with E-state index in [1.165, 1.54) is 11.4 Å². The number of benzene rings is 1. The number of aliphatic hydroxyl groups excluding tert-OH is 1. The molecule has 192 valence electrons. The fourth-order valence-corrected chi connectivity index (χ4v) is 7.00. The average Bonchev–Trinajstić information content (AvgIpc) is 3.57. The van der Waals surface area contributed by atoms with Crippen LogP contribution in [-0.4, -0.2) is 66.9 Å². The summed E-state index contributed by atoms with van der Waals surface area (Å²) in [6.07, 6.45) is 1.08. The number of sulfonamides is 1. The minimum absolute atomic E-state index is 0.0267. The lowest BCUT2D eigenvalue weighted by atomic mass is 10.0. The Morgan fingerprint density at radius 3 is 2.40 bits per heavy atom. The number of aliphatic hydroxyl groups is 1. The first-order valence-electron chi connectivity index (χ1n) is 11.8. The van der Waals surface area contributed by atoms with Gasteiger partial charge in [0.25, 0.3) is 10.0 Å². The van der Waals surface area contributed by atoms with Gasteiger partial charge in [0, 0.05) is 33.0 Å². The fraction of sp³-hybridized carbons (Fsp3) is 0.542. The first-order valence-corrected chi connectivity index (χ1v) is 14.0. The molecule has 0 bridgehead atoms. The third-order valence-electron chi connectivity index (χ3n) is 5.95. The zero-order chi connectivity index (χ0) is 25.6. The molecule has 3 rings (SSSR count). The Kier molecular flexibility index (Phi) is 9.40. The summed E-state index contributed by atoms with van der Waals surface area (Å²) in [6.45, 7) is 3.61. The molecule has 3 N–H and O–H groups in total. The lowest BCUT2D eigenvalue weighted by molar-refractivity contribution is -0.127. The van der Waals surface area contributed by atoms with Gasteiger partial charge in [-0.05, 0) is 44.6 Å². The van der Waals surface area contributed by atoms with Gasteiger partial charge in [0.15, 0.2) is 4.21 Å². The van der Waals surface area contributed by atoms with Crippen LogP contribution < -0.4 is 10.6 Å². The van der Waals surface area contributed by atoms with Crippen LogP contribution in [0.25, 0.3) is 0 Å². The summed E-state index contributed by atoms with van der Waals surface area (Å²) < 4.78 is 28.6. The van der Waals surface area contributed by atoms with E-state index < -0.39 is 22.2 Å². The van der Waals surface area contributed by atoms with Crippen molar-refractivity contribution < 1.29 is 23.1 Å². The maximum absolute atomic E-state index is 13.5. The van der Waals surface area contributed by atoms with E-state index >= 15 is 0 Å². The lowest BCUT2D eigenvalue weighted by Gasteiger charge is -2.29. The van der Waals surface area contributed by atoms with Crippen molar-refractivity contribution in [3.8, 4) is 0 Å². The summed E-state index contributed by atoms with van der Waals surface area (Å²) in [5, 5.41) is 17.2. The van der Waals surface area contributed by atoms with Crippen LogP contribution in [0.5, 0.6) is 0 Å². The smallest absolute Gasteiger partial charge is 0.254 e. The normalized spacial score (nSPS) is 15.6. The van der Waals surface area contributed by atoms with Crippen LogP contribution in [-0.2, 0) is 26.0 Å². The number of nitrogens with one attached hydrogen (secondary N) is 2. The summed E-state index contributed by atoms with van der Waals surface area (Å²) >= 11 is 1.13. The third-order valence-corrected chi connectivity index (χ3v) is 9.44. The first kappa shape index (κ1) is 27.3. The zero-order valence-corrected chi connectivity index (χ0v) is 22.0. The Bertz CT molecular complexity index is 1120. The van der Waals surface area contributed by atoms with Gasteiger partial charge in [-0.15, -0.1) is 11.3 Å². The Morgan fingerprint density at radius 2 is 1.83 bits per heavy atom. The SMILES string of the molecule is CNC(=O)CCC(=O)NC(Cc1ccccc1)C(O)CN(CC1CC1)S(=O)(=O)c1sc(C)nc1C. The molecule has 1 heterocycles. The molecule has 1 aliphatic carbocycles. The van der Waals surface area contributed by atoms with E-state index in [9.17, 15) is 23.1 Å². The van der Waals surface area contributed by atoms with E-state index in [2.05, 4.69) is 15.6 Å². The largest absolute Gasteiger partial charge is 0.390 e. The van der Waals surface area contributed by atoms with Gasteiger partial charge < -0.3 is 15.7 Å². The zero-order valence-electron chi connectivity index (χ0n) is 20.4. The van der Waals surface area contributed by atoms with Crippen LogP contribution in [0.2, 0.25) is 0 Å². The molecule has 0 saturated heterocycles. The molecule has 35 heavy (non-hydrogen) atoms. The summed E-state index contributed by atoms with van der Waals surface area (Å²) in [7, 11) is -2.35. The van der Waals surface area contributed by atoms with Gasteiger partial charge in [-0.1, -0.05) is 30.3 Å². The van der Waals surface area contributed by atoms with Crippen molar-refractivity contribution in [1.82, 2.24) is 19.9 Å². The molecule has 1 saturated carbocycles. The molecule has 2 atom stereocenters. The van der Waals surface area contributed by atoms with E-state index in [0.29, 0.717) is 23.7 Å². The van der Waals surface area contributed by atoms with Gasteiger partial charge in [-0.25, -0.2) is 13.4 Å². The van der Waals surface area contributed by atoms with Crippen molar-refractivity contribution in [2.24, 2.45) is 5.92 Å². The quantitative estimate of drug-likeness (QED) is 0.368. The molecular weight excluding hydrogens is 488 g/mol. The van der Waals surface area contributed by atoms with Crippen LogP contribution in [0.15, 0.2) is 34.5 Å². The van der Waals surface area contributed by atoms with Crippen LogP contribution in [0.4, 0.5) is 0 Å². The van der Waals surface area contributed by atoms with E-state index in [1.807, 2.05) is 30.3 Å². The number of nitrogens with zero attached hydrogens (tertiary/aromatic N) is 2. The maximum Gasteiger partial charge on any atom is 0.254 e. The number of aromatic nitrogens is 1. The predicted octanol–water partition coefficient (Wildman–Crippen LogP) is 1.78. The standard InChI is InChI=1S/C24H34N4O5S2/c1-16-24(34-17(2)26-16)35(32,33)28(14-19-9-10-19)15-21(29)20(13-18-7-5-4-6-8-18)27-23(31)12-11-22(30)25-3/h4-8,19-21,29H,9-15H2,1-3H3,(H,25,30)(H,27,31). The molecule has 2 unspecified atom stereocenters. The Hall–Kier alpha value is -2.34. The van der Waals surface area contributed by atoms with Gasteiger partial charge in [0.2, 0.25) is 11.8 Å². The van der Waals surface area contributed by atoms with Crippen LogP contribution >= 0.6 is 11.3 Å². The molecular formula is C24H34N4O5S2. The topological polar surface area (TPSA) is 129 Å². The maximum atomic E-state index is 13.5. The highest BCUT2D eigenvalue weighted by molar-refractivity contribution is 7.91. The molecule has 1 aliphatic rings. The van der Waals surface area contributed by atoms with Gasteiger partial charge >= 0.3 is 0 Å². The molecule has 0 spiro atoms. The number of thiazole rings is 1. The highest BCUT2D eigenvalue weighted by Gasteiger charge is 2.36. The molecule has 9 nitrogen and oxygen atoms in total. The second kappa shape index (κ2) is 12.1. The highest BCUT2D eigenvalue weighted by atomic mass is 32.2. The third kappa shape index (κ3) is 7.83. The van der Waals surface area contributed by atoms with E-state index in [0.717, 1.165) is 29.7 Å². The summed E-state index contributed by atoms with van der Waals surface area (Å²) in [5.74, 6) is -0.364. The second-order valence-corrected chi connectivity index (χ2v) is 12.3. The van der Waals surface area contributed by atoms with Gasteiger partial charge in [-0.3, -0.25) is 9.59 Å². The molecule has 0 radical (unpaired) electrons. The van der Waals surface area contributed by atoms with E-state index in [1.54, 1.807) is 13.8 Å². The molecule has 2 amide bonds. The van der Waals surface area contributed by atoms with Crippen molar-refractivity contribution in [2.75, 3.05) is 20.1 Å². The van der Waals surface area contributed by atoms with Gasteiger partial charge in [0.1, 0.15) is 0 Å². The highest BCUT2D eigenvalue weighted by Crippen LogP contribution is 2.33. The number of carbonyl (C=O) groups excluding carboxylic acids is 2. The number of amides is 2. The molecule has 1 aromatic heterocycles. The Labute approximate surface area is 211 Å². The molecule has 2 aromatic rings. The number of hydrogen-bond donors (Lipinski definition) is 3. The molecule has 0 aliphatic heterocycles. The van der Waals surface area contributed by atoms with Gasteiger partial charge in [0.05, 0.1) is 22.8 Å². The minimum atomic E-state index is -3.86. The summed E-state index contributed by atoms with van der Waals surface area (Å²) in [4.78, 5) is 28.4. The fourth-order valence-electron chi connectivity index (χ4n) is 3.85. The van der Waals surface area contributed by atoms with Crippen LogP contribution in [0, 0.1) is 19.8 Å². The Balaban J connectivity index is 1.80. The number of rotatable bonds is 13. The van der Waals surface area contributed by atoms with Crippen LogP contribution in [0.3, 0.4) is 0 Å². The average molecular weight is 523 g/mol. The monoisotopic (exact) mass is 522 g/mol. The second-order valence-electron chi connectivity index (χ2n) is 8.98. The summed E-state index contributed by atoms with van der Waals surface area (Å²) in [6, 6.07) is 8.66. The van der Waals surface area contributed by atoms with E-state index in [-0.39, 0.29) is 41.3 Å². The number of carbonyl (C=O) groups is 2. The number of hydrogen-bond acceptors (Lipinski definition) is 7. The first-order chi connectivity index (χ1) is 16.6. The van der Waals surface area contributed by atoms with Crippen molar-refractivity contribution in [3.05, 3.63) is 46.6 Å². The molecule has 1 fully saturated rings. The summed E-state index contributed by atoms with van der Waals surface area (Å²) in [5.41, 5.74) is 1.35. The van der Waals surface area contributed by atoms with Crippen molar-refractivity contribution in [1.29, 1.82) is 0 Å².